The van der Waals surface area contributed by atoms with Crippen LogP contribution in [0.2, 0.25) is 5.02 Å². The van der Waals surface area contributed by atoms with Gasteiger partial charge in [-0.25, -0.2) is 0 Å². The van der Waals surface area contributed by atoms with E-state index in [0.717, 1.165) is 36.8 Å². The fourth-order valence-corrected chi connectivity index (χ4v) is 3.30. The molecule has 3 rings (SSSR count). The highest BCUT2D eigenvalue weighted by molar-refractivity contribution is 6.30. The summed E-state index contributed by atoms with van der Waals surface area (Å²) in [6.45, 7) is 2.57. The van der Waals surface area contributed by atoms with Crippen LogP contribution in [-0.4, -0.2) is 43.0 Å². The fourth-order valence-electron chi connectivity index (χ4n) is 3.17. The fraction of sp³-hybridized carbons (Fsp3) is 0.444. The van der Waals surface area contributed by atoms with Crippen LogP contribution in [0.25, 0.3) is 0 Å². The van der Waals surface area contributed by atoms with Crippen LogP contribution in [0.3, 0.4) is 0 Å². The van der Waals surface area contributed by atoms with E-state index in [9.17, 15) is 0 Å². The summed E-state index contributed by atoms with van der Waals surface area (Å²) in [6, 6.07) is 12.4. The Morgan fingerprint density at radius 1 is 1.33 bits per heavy atom. The van der Waals surface area contributed by atoms with E-state index in [4.69, 9.17) is 16.3 Å². The van der Waals surface area contributed by atoms with Crippen LogP contribution in [0.15, 0.2) is 42.6 Å². The van der Waals surface area contributed by atoms with E-state index in [-0.39, 0.29) is 6.04 Å². The lowest BCUT2D eigenvalue weighted by Gasteiger charge is -2.35. The summed E-state index contributed by atoms with van der Waals surface area (Å²) < 4.78 is 5.41. The van der Waals surface area contributed by atoms with Gasteiger partial charge in [0, 0.05) is 37.5 Å². The molecular formula is C18H23ClN4O. The zero-order valence-corrected chi connectivity index (χ0v) is 14.6. The van der Waals surface area contributed by atoms with Gasteiger partial charge in [-0.15, -0.1) is 5.10 Å². The van der Waals surface area contributed by atoms with Gasteiger partial charge in [0.2, 0.25) is 0 Å². The van der Waals surface area contributed by atoms with Gasteiger partial charge in [-0.3, -0.25) is 0 Å². The van der Waals surface area contributed by atoms with Gasteiger partial charge < -0.3 is 15.0 Å². The molecule has 0 aliphatic carbocycles. The maximum absolute atomic E-state index is 6.00. The van der Waals surface area contributed by atoms with E-state index >= 15 is 0 Å². The maximum atomic E-state index is 6.00. The minimum atomic E-state index is 0.152. The smallest absolute Gasteiger partial charge is 0.151 e. The lowest BCUT2D eigenvalue weighted by molar-refractivity contribution is 0.158. The number of rotatable bonds is 6. The van der Waals surface area contributed by atoms with Crippen LogP contribution in [0, 0.1) is 0 Å². The molecule has 0 bridgehead atoms. The van der Waals surface area contributed by atoms with E-state index in [1.165, 1.54) is 5.56 Å². The number of hydrogen-bond donors (Lipinski definition) is 1. The molecule has 2 aromatic rings. The molecule has 6 heteroatoms. The molecule has 1 aromatic carbocycles. The van der Waals surface area contributed by atoms with E-state index in [1.54, 1.807) is 13.3 Å². The van der Waals surface area contributed by atoms with E-state index in [0.29, 0.717) is 12.6 Å². The molecule has 1 aliphatic heterocycles. The Kier molecular flexibility index (Phi) is 6.01. The van der Waals surface area contributed by atoms with E-state index in [1.807, 2.05) is 24.3 Å². The highest BCUT2D eigenvalue weighted by Gasteiger charge is 2.24. The van der Waals surface area contributed by atoms with Crippen molar-refractivity contribution in [3.8, 4) is 0 Å². The Morgan fingerprint density at radius 3 is 2.88 bits per heavy atom. The summed E-state index contributed by atoms with van der Waals surface area (Å²) in [6.07, 6.45) is 3.98. The van der Waals surface area contributed by atoms with E-state index < -0.39 is 0 Å². The average Bonchev–Trinajstić information content (AvgIpc) is 2.63. The molecule has 128 valence electrons. The average molecular weight is 347 g/mol. The van der Waals surface area contributed by atoms with Crippen molar-refractivity contribution in [2.75, 3.05) is 31.7 Å². The van der Waals surface area contributed by atoms with Crippen molar-refractivity contribution in [2.24, 2.45) is 0 Å². The first-order chi connectivity index (χ1) is 11.8. The normalized spacial score (nSPS) is 19.2. The van der Waals surface area contributed by atoms with Gasteiger partial charge in [0.1, 0.15) is 0 Å². The van der Waals surface area contributed by atoms with Crippen LogP contribution in [-0.2, 0) is 4.74 Å². The molecule has 0 unspecified atom stereocenters. The minimum Gasteiger partial charge on any atom is -0.383 e. The van der Waals surface area contributed by atoms with Crippen molar-refractivity contribution in [3.05, 3.63) is 53.2 Å². The Bertz CT molecular complexity index is 623. The van der Waals surface area contributed by atoms with Gasteiger partial charge >= 0.3 is 0 Å². The number of anilines is 1. The number of aromatic nitrogens is 2. The van der Waals surface area contributed by atoms with E-state index in [2.05, 4.69) is 32.5 Å². The third kappa shape index (κ3) is 4.44. The summed E-state index contributed by atoms with van der Waals surface area (Å²) in [7, 11) is 1.73. The van der Waals surface area contributed by atoms with Crippen LogP contribution in [0.1, 0.15) is 24.4 Å². The molecule has 0 saturated carbocycles. The molecule has 0 radical (unpaired) electrons. The van der Waals surface area contributed by atoms with Gasteiger partial charge in [-0.2, -0.15) is 5.10 Å². The van der Waals surface area contributed by atoms with Gasteiger partial charge in [-0.1, -0.05) is 23.7 Å². The first kappa shape index (κ1) is 17.1. The molecule has 1 fully saturated rings. The Hall–Kier alpha value is -1.69. The number of nitrogens with zero attached hydrogens (tertiary/aromatic N) is 3. The second kappa shape index (κ2) is 8.42. The number of benzene rings is 1. The summed E-state index contributed by atoms with van der Waals surface area (Å²) in [5, 5.41) is 12.7. The van der Waals surface area contributed by atoms with Crippen molar-refractivity contribution >= 4 is 17.4 Å². The Balaban J connectivity index is 1.67. The summed E-state index contributed by atoms with van der Waals surface area (Å²) in [5.41, 5.74) is 1.19. The zero-order valence-electron chi connectivity index (χ0n) is 13.9. The van der Waals surface area contributed by atoms with Crippen molar-refractivity contribution in [2.45, 2.75) is 24.9 Å². The SMILES string of the molecule is COC[C@@H](N[C@H]1CCCN(c2cccnn2)C1)c1ccc(Cl)cc1. The second-order valence-corrected chi connectivity index (χ2v) is 6.53. The first-order valence-electron chi connectivity index (χ1n) is 8.29. The Labute approximate surface area is 148 Å². The minimum absolute atomic E-state index is 0.152. The van der Waals surface area contributed by atoms with Crippen LogP contribution < -0.4 is 10.2 Å². The molecule has 0 amide bonds. The molecule has 2 atom stereocenters. The van der Waals surface area contributed by atoms with Crippen LogP contribution in [0.5, 0.6) is 0 Å². The largest absolute Gasteiger partial charge is 0.383 e. The molecule has 1 saturated heterocycles. The lowest BCUT2D eigenvalue weighted by Crippen LogP contribution is -2.47. The summed E-state index contributed by atoms with van der Waals surface area (Å²) in [5.74, 6) is 0.943. The van der Waals surface area contributed by atoms with Gasteiger partial charge in [-0.05, 0) is 42.7 Å². The molecule has 1 N–H and O–H groups in total. The highest BCUT2D eigenvalue weighted by Crippen LogP contribution is 2.21. The van der Waals surface area contributed by atoms with Crippen molar-refractivity contribution in [1.82, 2.24) is 15.5 Å². The zero-order chi connectivity index (χ0) is 16.8. The molecule has 24 heavy (non-hydrogen) atoms. The predicted molar refractivity (Wildman–Crippen MR) is 96.5 cm³/mol. The quantitative estimate of drug-likeness (QED) is 0.871. The van der Waals surface area contributed by atoms with Gasteiger partial charge in [0.05, 0.1) is 12.6 Å². The number of halogens is 1. The number of ether oxygens (including phenoxy) is 1. The third-order valence-electron chi connectivity index (χ3n) is 4.35. The summed E-state index contributed by atoms with van der Waals surface area (Å²) >= 11 is 6.00. The summed E-state index contributed by atoms with van der Waals surface area (Å²) in [4.78, 5) is 2.29. The molecule has 1 aliphatic rings. The maximum Gasteiger partial charge on any atom is 0.151 e. The van der Waals surface area contributed by atoms with Crippen molar-refractivity contribution in [1.29, 1.82) is 0 Å². The number of methoxy groups -OCH3 is 1. The highest BCUT2D eigenvalue weighted by atomic mass is 35.5. The standard InChI is InChI=1S/C18H23ClN4O/c1-24-13-17(14-6-8-15(19)9-7-14)21-16-4-3-11-23(12-16)18-5-2-10-20-22-18/h2,5-10,16-17,21H,3-4,11-13H2,1H3/t16-,17+/m0/s1. The van der Waals surface area contributed by atoms with Crippen LogP contribution >= 0.6 is 11.6 Å². The molecule has 2 heterocycles. The van der Waals surface area contributed by atoms with Crippen LogP contribution in [0.4, 0.5) is 5.82 Å². The molecule has 0 spiro atoms. The molecule has 1 aromatic heterocycles. The first-order valence-corrected chi connectivity index (χ1v) is 8.67. The predicted octanol–water partition coefficient (Wildman–Crippen LogP) is 3.08. The number of piperidine rings is 1. The van der Waals surface area contributed by atoms with Gasteiger partial charge in [0.25, 0.3) is 0 Å². The second-order valence-electron chi connectivity index (χ2n) is 6.09. The number of nitrogens with one attached hydrogen (secondary N) is 1. The lowest BCUT2D eigenvalue weighted by atomic mass is 10.0. The topological polar surface area (TPSA) is 50.3 Å². The monoisotopic (exact) mass is 346 g/mol. The van der Waals surface area contributed by atoms with Crippen molar-refractivity contribution in [3.63, 3.8) is 0 Å². The molecular weight excluding hydrogens is 324 g/mol. The van der Waals surface area contributed by atoms with Crippen molar-refractivity contribution < 1.29 is 4.74 Å². The van der Waals surface area contributed by atoms with Gasteiger partial charge in [0.15, 0.2) is 5.82 Å². The third-order valence-corrected chi connectivity index (χ3v) is 4.60. The number of hydrogen-bond acceptors (Lipinski definition) is 5. The Morgan fingerprint density at radius 2 is 2.17 bits per heavy atom. The molecule has 5 nitrogen and oxygen atoms in total.